The third kappa shape index (κ3) is 2.02. The van der Waals surface area contributed by atoms with E-state index in [2.05, 4.69) is 4.98 Å². The van der Waals surface area contributed by atoms with E-state index >= 15 is 0 Å². The summed E-state index contributed by atoms with van der Waals surface area (Å²) in [5.74, 6) is -0.989. The summed E-state index contributed by atoms with van der Waals surface area (Å²) in [6.45, 7) is 3.51. The topological polar surface area (TPSA) is 76.2 Å². The summed E-state index contributed by atoms with van der Waals surface area (Å²) in [6, 6.07) is 3.57. The molecule has 14 heavy (non-hydrogen) atoms. The molecule has 4 heteroatoms. The fourth-order valence-corrected chi connectivity index (χ4v) is 1.30. The quantitative estimate of drug-likeness (QED) is 0.764. The van der Waals surface area contributed by atoms with E-state index in [1.807, 2.05) is 13.0 Å². The number of nitrogen functional groups attached to an aromatic ring is 1. The minimum atomic E-state index is -0.819. The van der Waals surface area contributed by atoms with E-state index in [1.54, 1.807) is 19.2 Å². The van der Waals surface area contributed by atoms with Gasteiger partial charge in [-0.1, -0.05) is 19.9 Å². The number of aliphatic carboxylic acids is 1. The van der Waals surface area contributed by atoms with Crippen LogP contribution >= 0.6 is 0 Å². The zero-order valence-electron chi connectivity index (χ0n) is 8.27. The Morgan fingerprint density at radius 1 is 1.57 bits per heavy atom. The van der Waals surface area contributed by atoms with Crippen molar-refractivity contribution >= 4 is 11.8 Å². The Hall–Kier alpha value is -1.58. The van der Waals surface area contributed by atoms with Crippen molar-refractivity contribution in [2.75, 3.05) is 5.73 Å². The molecule has 0 aliphatic carbocycles. The molecular formula is C10H14N2O2. The van der Waals surface area contributed by atoms with Crippen molar-refractivity contribution in [1.29, 1.82) is 0 Å². The van der Waals surface area contributed by atoms with Crippen molar-refractivity contribution in [3.63, 3.8) is 0 Å². The fourth-order valence-electron chi connectivity index (χ4n) is 1.30. The van der Waals surface area contributed by atoms with Gasteiger partial charge in [-0.05, 0) is 17.5 Å². The SMILES string of the molecule is CC(C(=O)O)C(C)c1cccnc1N. The van der Waals surface area contributed by atoms with Gasteiger partial charge in [0.15, 0.2) is 0 Å². The molecular weight excluding hydrogens is 180 g/mol. The Morgan fingerprint density at radius 2 is 2.21 bits per heavy atom. The van der Waals surface area contributed by atoms with Crippen molar-refractivity contribution in [3.8, 4) is 0 Å². The van der Waals surface area contributed by atoms with Crippen LogP contribution in [0.25, 0.3) is 0 Å². The molecule has 0 saturated heterocycles. The summed E-state index contributed by atoms with van der Waals surface area (Å²) < 4.78 is 0. The van der Waals surface area contributed by atoms with E-state index in [0.717, 1.165) is 5.56 Å². The van der Waals surface area contributed by atoms with Gasteiger partial charge < -0.3 is 10.8 Å². The van der Waals surface area contributed by atoms with Gasteiger partial charge in [-0.25, -0.2) is 4.98 Å². The average Bonchev–Trinajstić information content (AvgIpc) is 2.16. The molecule has 0 saturated carbocycles. The lowest BCUT2D eigenvalue weighted by Gasteiger charge is -2.17. The summed E-state index contributed by atoms with van der Waals surface area (Å²) in [5.41, 5.74) is 6.45. The van der Waals surface area contributed by atoms with Crippen LogP contribution in [0, 0.1) is 5.92 Å². The molecule has 3 N–H and O–H groups in total. The lowest BCUT2D eigenvalue weighted by Crippen LogP contribution is -2.17. The van der Waals surface area contributed by atoms with E-state index in [1.165, 1.54) is 0 Å². The summed E-state index contributed by atoms with van der Waals surface area (Å²) in [4.78, 5) is 14.7. The summed E-state index contributed by atoms with van der Waals surface area (Å²) in [6.07, 6.45) is 1.59. The van der Waals surface area contributed by atoms with Crippen molar-refractivity contribution < 1.29 is 9.90 Å². The molecule has 1 aromatic heterocycles. The molecule has 1 heterocycles. The Morgan fingerprint density at radius 3 is 2.71 bits per heavy atom. The highest BCUT2D eigenvalue weighted by Gasteiger charge is 2.22. The monoisotopic (exact) mass is 194 g/mol. The molecule has 0 radical (unpaired) electrons. The summed E-state index contributed by atoms with van der Waals surface area (Å²) >= 11 is 0. The minimum Gasteiger partial charge on any atom is -0.481 e. The summed E-state index contributed by atoms with van der Waals surface area (Å²) in [5, 5.41) is 8.84. The molecule has 0 spiro atoms. The number of rotatable bonds is 3. The number of anilines is 1. The van der Waals surface area contributed by atoms with Gasteiger partial charge in [0.2, 0.25) is 0 Å². The second-order valence-electron chi connectivity index (χ2n) is 3.39. The van der Waals surface area contributed by atoms with Gasteiger partial charge in [-0.3, -0.25) is 4.79 Å². The first-order valence-electron chi connectivity index (χ1n) is 4.47. The minimum absolute atomic E-state index is 0.124. The average molecular weight is 194 g/mol. The molecule has 1 aromatic rings. The lowest BCUT2D eigenvalue weighted by atomic mass is 9.89. The Kier molecular flexibility index (Phi) is 3.06. The van der Waals surface area contributed by atoms with Crippen LogP contribution in [-0.2, 0) is 4.79 Å². The van der Waals surface area contributed by atoms with Crippen LogP contribution in [0.1, 0.15) is 25.3 Å². The van der Waals surface area contributed by atoms with Crippen LogP contribution in [0.3, 0.4) is 0 Å². The molecule has 0 bridgehead atoms. The second kappa shape index (κ2) is 4.09. The maximum absolute atomic E-state index is 10.8. The van der Waals surface area contributed by atoms with E-state index in [4.69, 9.17) is 10.8 Å². The Balaban J connectivity index is 2.94. The van der Waals surface area contributed by atoms with Crippen LogP contribution in [-0.4, -0.2) is 16.1 Å². The lowest BCUT2D eigenvalue weighted by molar-refractivity contribution is -0.141. The molecule has 2 atom stereocenters. The molecule has 1 rings (SSSR count). The van der Waals surface area contributed by atoms with Gasteiger partial charge in [0.05, 0.1) is 5.92 Å². The number of nitrogens with two attached hydrogens (primary N) is 1. The van der Waals surface area contributed by atoms with Crippen molar-refractivity contribution in [2.24, 2.45) is 5.92 Å². The third-order valence-electron chi connectivity index (χ3n) is 2.50. The molecule has 0 amide bonds. The first kappa shape index (κ1) is 10.5. The van der Waals surface area contributed by atoms with E-state index in [0.29, 0.717) is 5.82 Å². The van der Waals surface area contributed by atoms with E-state index in [9.17, 15) is 4.79 Å². The van der Waals surface area contributed by atoms with Crippen molar-refractivity contribution in [2.45, 2.75) is 19.8 Å². The van der Waals surface area contributed by atoms with Gasteiger partial charge in [0.25, 0.3) is 0 Å². The predicted molar refractivity (Wildman–Crippen MR) is 53.9 cm³/mol. The highest BCUT2D eigenvalue weighted by molar-refractivity contribution is 5.71. The van der Waals surface area contributed by atoms with Gasteiger partial charge in [0, 0.05) is 6.20 Å². The molecule has 0 aliphatic rings. The molecule has 4 nitrogen and oxygen atoms in total. The van der Waals surface area contributed by atoms with Gasteiger partial charge in [0.1, 0.15) is 5.82 Å². The zero-order valence-corrected chi connectivity index (χ0v) is 8.27. The van der Waals surface area contributed by atoms with Gasteiger partial charge in [-0.2, -0.15) is 0 Å². The van der Waals surface area contributed by atoms with Crippen LogP contribution in [0.15, 0.2) is 18.3 Å². The normalized spacial score (nSPS) is 14.7. The number of hydrogen-bond acceptors (Lipinski definition) is 3. The number of hydrogen-bond donors (Lipinski definition) is 2. The number of nitrogens with zero attached hydrogens (tertiary/aromatic N) is 1. The van der Waals surface area contributed by atoms with Crippen LogP contribution < -0.4 is 5.73 Å². The van der Waals surface area contributed by atoms with E-state index < -0.39 is 11.9 Å². The molecule has 0 aliphatic heterocycles. The van der Waals surface area contributed by atoms with Crippen LogP contribution in [0.5, 0.6) is 0 Å². The number of carboxylic acid groups (broad SMARTS) is 1. The first-order valence-corrected chi connectivity index (χ1v) is 4.47. The van der Waals surface area contributed by atoms with Gasteiger partial charge in [-0.15, -0.1) is 0 Å². The largest absolute Gasteiger partial charge is 0.481 e. The predicted octanol–water partition coefficient (Wildman–Crippen LogP) is 1.49. The molecule has 2 unspecified atom stereocenters. The highest BCUT2D eigenvalue weighted by atomic mass is 16.4. The molecule has 76 valence electrons. The standard InChI is InChI=1S/C10H14N2O2/c1-6(7(2)10(13)14)8-4-3-5-12-9(8)11/h3-7H,1-2H3,(H2,11,12)(H,13,14). The van der Waals surface area contributed by atoms with E-state index in [-0.39, 0.29) is 5.92 Å². The summed E-state index contributed by atoms with van der Waals surface area (Å²) in [7, 11) is 0. The third-order valence-corrected chi connectivity index (χ3v) is 2.50. The van der Waals surface area contributed by atoms with Crippen molar-refractivity contribution in [1.82, 2.24) is 4.98 Å². The first-order chi connectivity index (χ1) is 6.54. The van der Waals surface area contributed by atoms with Crippen LogP contribution in [0.4, 0.5) is 5.82 Å². The van der Waals surface area contributed by atoms with Gasteiger partial charge >= 0.3 is 5.97 Å². The second-order valence-corrected chi connectivity index (χ2v) is 3.39. The van der Waals surface area contributed by atoms with Crippen LogP contribution in [0.2, 0.25) is 0 Å². The number of pyridine rings is 1. The maximum atomic E-state index is 10.8. The Bertz CT molecular complexity index is 339. The number of carboxylic acids is 1. The number of carbonyl (C=O) groups is 1. The van der Waals surface area contributed by atoms with Crippen molar-refractivity contribution in [3.05, 3.63) is 23.9 Å². The maximum Gasteiger partial charge on any atom is 0.306 e. The Labute approximate surface area is 82.8 Å². The highest BCUT2D eigenvalue weighted by Crippen LogP contribution is 2.27. The fraction of sp³-hybridized carbons (Fsp3) is 0.400. The number of aromatic nitrogens is 1. The molecule has 0 fully saturated rings. The zero-order chi connectivity index (χ0) is 10.7. The molecule has 0 aromatic carbocycles. The smallest absolute Gasteiger partial charge is 0.306 e.